The number of benzene rings is 1. The van der Waals surface area contributed by atoms with Crippen molar-refractivity contribution in [2.45, 2.75) is 32.2 Å². The Balaban J connectivity index is 1.34. The normalized spacial score (nSPS) is 28.4. The average Bonchev–Trinajstić information content (AvgIpc) is 3.35. The second-order valence-corrected chi connectivity index (χ2v) is 9.21. The standard InChI is InChI=1S/C20H20BrClN2O5/c1-9(24-18(26)16-10-2-3-11(6-10)17(16)19(24)27)20(28)29-8-15(25)23-14-5-4-12(21)7-13(14)22/h4-5,7,9-11,16-17H,2-3,6,8H2,1H3,(H,23,25)/t9-,10+,11+,16-,17-/m1/s1. The Labute approximate surface area is 181 Å². The van der Waals surface area contributed by atoms with Gasteiger partial charge in [0, 0.05) is 4.47 Å². The summed E-state index contributed by atoms with van der Waals surface area (Å²) < 4.78 is 5.82. The van der Waals surface area contributed by atoms with E-state index in [1.807, 2.05) is 0 Å². The third-order valence-electron chi connectivity index (χ3n) is 6.24. The van der Waals surface area contributed by atoms with E-state index in [9.17, 15) is 19.2 Å². The number of halogens is 2. The summed E-state index contributed by atoms with van der Waals surface area (Å²) in [6.45, 7) is 0.925. The van der Waals surface area contributed by atoms with Crippen molar-refractivity contribution in [2.75, 3.05) is 11.9 Å². The van der Waals surface area contributed by atoms with E-state index in [2.05, 4.69) is 21.2 Å². The molecule has 2 aliphatic carbocycles. The smallest absolute Gasteiger partial charge is 0.329 e. The summed E-state index contributed by atoms with van der Waals surface area (Å²) in [6, 6.07) is 3.90. The van der Waals surface area contributed by atoms with E-state index in [1.165, 1.54) is 6.92 Å². The third kappa shape index (κ3) is 3.57. The monoisotopic (exact) mass is 482 g/mol. The Hall–Kier alpha value is -1.93. The Bertz CT molecular complexity index is 879. The van der Waals surface area contributed by atoms with E-state index in [1.54, 1.807) is 18.2 Å². The molecule has 1 aromatic rings. The van der Waals surface area contributed by atoms with Gasteiger partial charge in [0.1, 0.15) is 6.04 Å². The molecule has 3 aliphatic rings. The maximum Gasteiger partial charge on any atom is 0.329 e. The van der Waals surface area contributed by atoms with Gasteiger partial charge in [-0.1, -0.05) is 27.5 Å². The molecule has 7 nitrogen and oxygen atoms in total. The first-order valence-corrected chi connectivity index (χ1v) is 10.7. The zero-order valence-corrected chi connectivity index (χ0v) is 18.0. The lowest BCUT2D eigenvalue weighted by atomic mass is 9.81. The molecule has 5 atom stereocenters. The summed E-state index contributed by atoms with van der Waals surface area (Å²) in [5.41, 5.74) is 0.386. The van der Waals surface area contributed by atoms with E-state index in [0.29, 0.717) is 10.7 Å². The van der Waals surface area contributed by atoms with Crippen LogP contribution < -0.4 is 5.32 Å². The highest BCUT2D eigenvalue weighted by Crippen LogP contribution is 2.56. The molecule has 3 fully saturated rings. The van der Waals surface area contributed by atoms with Gasteiger partial charge in [0.05, 0.1) is 22.5 Å². The van der Waals surface area contributed by atoms with Crippen molar-refractivity contribution in [2.24, 2.45) is 23.7 Å². The van der Waals surface area contributed by atoms with Gasteiger partial charge in [0.2, 0.25) is 11.8 Å². The van der Waals surface area contributed by atoms with E-state index in [0.717, 1.165) is 28.6 Å². The first kappa shape index (κ1) is 20.3. The van der Waals surface area contributed by atoms with Gasteiger partial charge < -0.3 is 10.1 Å². The lowest BCUT2D eigenvalue weighted by Crippen LogP contribution is -2.45. The highest BCUT2D eigenvalue weighted by atomic mass is 79.9. The largest absolute Gasteiger partial charge is 0.454 e. The van der Waals surface area contributed by atoms with Crippen molar-refractivity contribution in [3.8, 4) is 0 Å². The van der Waals surface area contributed by atoms with Gasteiger partial charge >= 0.3 is 5.97 Å². The fraction of sp³-hybridized carbons (Fsp3) is 0.500. The van der Waals surface area contributed by atoms with Crippen LogP contribution in [0.15, 0.2) is 22.7 Å². The van der Waals surface area contributed by atoms with Crippen LogP contribution in [0.2, 0.25) is 5.02 Å². The molecule has 4 rings (SSSR count). The zero-order valence-electron chi connectivity index (χ0n) is 15.7. The minimum Gasteiger partial charge on any atom is -0.454 e. The van der Waals surface area contributed by atoms with Crippen LogP contribution in [0.4, 0.5) is 5.69 Å². The lowest BCUT2D eigenvalue weighted by Gasteiger charge is -2.23. The van der Waals surface area contributed by atoms with Crippen molar-refractivity contribution < 1.29 is 23.9 Å². The molecular weight excluding hydrogens is 464 g/mol. The number of hydrogen-bond donors (Lipinski definition) is 1. The number of carbonyl (C=O) groups excluding carboxylic acids is 4. The quantitative estimate of drug-likeness (QED) is 0.513. The molecule has 2 bridgehead atoms. The predicted molar refractivity (Wildman–Crippen MR) is 108 cm³/mol. The maximum absolute atomic E-state index is 12.8. The van der Waals surface area contributed by atoms with Gasteiger partial charge in [-0.05, 0) is 56.2 Å². The summed E-state index contributed by atoms with van der Waals surface area (Å²) in [6.07, 6.45) is 2.87. The highest BCUT2D eigenvalue weighted by Gasteiger charge is 2.62. The third-order valence-corrected chi connectivity index (χ3v) is 7.05. The molecule has 0 spiro atoms. The Morgan fingerprint density at radius 2 is 1.86 bits per heavy atom. The molecule has 9 heteroatoms. The predicted octanol–water partition coefficient (Wildman–Crippen LogP) is 3.00. The molecule has 1 saturated heterocycles. The van der Waals surface area contributed by atoms with E-state index in [4.69, 9.17) is 16.3 Å². The van der Waals surface area contributed by atoms with Gasteiger partial charge in [0.15, 0.2) is 6.61 Å². The minimum atomic E-state index is -1.05. The average molecular weight is 484 g/mol. The molecule has 1 aliphatic heterocycles. The van der Waals surface area contributed by atoms with Crippen molar-refractivity contribution in [1.82, 2.24) is 4.90 Å². The number of nitrogens with zero attached hydrogens (tertiary/aromatic N) is 1. The first-order chi connectivity index (χ1) is 13.8. The number of carbonyl (C=O) groups is 4. The maximum atomic E-state index is 12.8. The summed E-state index contributed by atoms with van der Waals surface area (Å²) in [5, 5.41) is 2.89. The molecule has 0 radical (unpaired) electrons. The molecular formula is C20H20BrClN2O5. The molecule has 29 heavy (non-hydrogen) atoms. The number of rotatable bonds is 5. The molecule has 0 unspecified atom stereocenters. The minimum absolute atomic E-state index is 0.246. The molecule has 3 amide bonds. The summed E-state index contributed by atoms with van der Waals surface area (Å²) in [4.78, 5) is 51.1. The van der Waals surface area contributed by atoms with Gasteiger partial charge in [-0.15, -0.1) is 0 Å². The second kappa shape index (κ2) is 7.72. The zero-order chi connectivity index (χ0) is 20.9. The van der Waals surface area contributed by atoms with Crippen LogP contribution in [-0.2, 0) is 23.9 Å². The van der Waals surface area contributed by atoms with E-state index < -0.39 is 24.5 Å². The van der Waals surface area contributed by atoms with Crippen LogP contribution in [0.25, 0.3) is 0 Å². The fourth-order valence-corrected chi connectivity index (χ4v) is 5.67. The number of hydrogen-bond acceptors (Lipinski definition) is 5. The van der Waals surface area contributed by atoms with Crippen molar-refractivity contribution in [1.29, 1.82) is 0 Å². The van der Waals surface area contributed by atoms with Crippen LogP contribution in [0.3, 0.4) is 0 Å². The Morgan fingerprint density at radius 3 is 2.45 bits per heavy atom. The van der Waals surface area contributed by atoms with Crippen LogP contribution >= 0.6 is 27.5 Å². The van der Waals surface area contributed by atoms with E-state index >= 15 is 0 Å². The summed E-state index contributed by atoms with van der Waals surface area (Å²) in [5.74, 6) is -1.99. The number of imide groups is 1. The SMILES string of the molecule is C[C@H](C(=O)OCC(=O)Nc1ccc(Br)cc1Cl)N1C(=O)[C@@H]2[C@H]3CC[C@@H](C3)[C@H]2C1=O. The van der Waals surface area contributed by atoms with Crippen LogP contribution in [0, 0.1) is 23.7 Å². The molecule has 0 aromatic heterocycles. The molecule has 154 valence electrons. The number of nitrogens with one attached hydrogen (secondary N) is 1. The van der Waals surface area contributed by atoms with Crippen LogP contribution in [0.5, 0.6) is 0 Å². The van der Waals surface area contributed by atoms with Gasteiger partial charge in [-0.25, -0.2) is 4.79 Å². The van der Waals surface area contributed by atoms with Gasteiger partial charge in [0.25, 0.3) is 5.91 Å². The number of fused-ring (bicyclic) bond motifs is 5. The number of anilines is 1. The van der Waals surface area contributed by atoms with Gasteiger partial charge in [-0.2, -0.15) is 0 Å². The summed E-state index contributed by atoms with van der Waals surface area (Å²) in [7, 11) is 0. The summed E-state index contributed by atoms with van der Waals surface area (Å²) >= 11 is 9.32. The fourth-order valence-electron chi connectivity index (χ4n) is 4.95. The highest BCUT2D eigenvalue weighted by molar-refractivity contribution is 9.10. The van der Waals surface area contributed by atoms with E-state index in [-0.39, 0.29) is 35.5 Å². The number of amides is 3. The topological polar surface area (TPSA) is 92.8 Å². The lowest BCUT2D eigenvalue weighted by molar-refractivity contribution is -0.159. The Morgan fingerprint density at radius 1 is 1.24 bits per heavy atom. The van der Waals surface area contributed by atoms with Crippen molar-refractivity contribution >= 4 is 56.9 Å². The molecule has 1 heterocycles. The number of esters is 1. The first-order valence-electron chi connectivity index (χ1n) is 9.56. The molecule has 2 saturated carbocycles. The van der Waals surface area contributed by atoms with Crippen LogP contribution in [-0.4, -0.2) is 41.2 Å². The Kier molecular flexibility index (Phi) is 5.42. The molecule has 1 aromatic carbocycles. The van der Waals surface area contributed by atoms with Gasteiger partial charge in [-0.3, -0.25) is 19.3 Å². The van der Waals surface area contributed by atoms with Crippen molar-refractivity contribution in [3.05, 3.63) is 27.7 Å². The van der Waals surface area contributed by atoms with Crippen LogP contribution in [0.1, 0.15) is 26.2 Å². The van der Waals surface area contributed by atoms with Crippen molar-refractivity contribution in [3.63, 3.8) is 0 Å². The number of ether oxygens (including phenoxy) is 1. The second-order valence-electron chi connectivity index (χ2n) is 7.89. The number of likely N-dealkylation sites (tertiary alicyclic amines) is 1. The molecule has 1 N–H and O–H groups in total.